The van der Waals surface area contributed by atoms with Crippen molar-refractivity contribution >= 4 is 143 Å². The molecule has 0 unspecified atom stereocenters. The number of carbonyl (C=O) groups excluding carboxylic acids is 15. The van der Waals surface area contributed by atoms with Crippen molar-refractivity contribution < 1.29 is 92.0 Å². The lowest BCUT2D eigenvalue weighted by molar-refractivity contribution is -0.144. The summed E-state index contributed by atoms with van der Waals surface area (Å²) in [6, 6.07) is -2.03. The van der Waals surface area contributed by atoms with E-state index < -0.39 is 230 Å². The second kappa shape index (κ2) is 53.6. The van der Waals surface area contributed by atoms with Crippen molar-refractivity contribution in [3.8, 4) is 0 Å². The molecule has 0 radical (unpaired) electrons. The molecule has 1 heterocycles. The van der Waals surface area contributed by atoms with E-state index in [0.29, 0.717) is 23.8 Å². The van der Waals surface area contributed by atoms with Crippen LogP contribution in [0, 0.1) is 34.0 Å². The van der Waals surface area contributed by atoms with E-state index in [0.717, 1.165) is 0 Å². The standard InChI is InChI=1S/C74H116N24O19S2/c1-6-39(3)58(96-63(109)47(22-15-25-83-73(78)79)89-56(103)32-85-55(102)31-86-62(108)49(27-42-17-10-8-11-18-42)91-60(106)41(5)87-68(114)53(38-119)95-67(113)52(36-101)94-61(107)46(75)35-100)70(116)93-51(30-57(104)105)66(112)90-48(23-16-26-84-74(80)81)64(110)97-59(40(4)7-2)71(117)98-33-44(37-118)29-54(98)69(115)92-50(28-43-19-12-9-13-20-43)65(111)88-45(34-99)21-14-24-82-72(76)77/h8-13,17-20,34,37,39-41,44-54,58-59,100-101,119H,6-7,14-16,21-33,35-36,38,75H2,1-5H3,(H,85,102)(H,86,108)(H,87,114)(H,88,111)(H,89,103)(H,90,112)(H,91,106)(H,92,115)(H,93,116)(H,94,107)(H,95,113)(H,96,109)(H,97,110)(H,104,105)(H4,76,77,82)(H4,78,79,83)(H4,80,81,84)/t39-,40-,41+,44-,45-,46-,47-,48-,49-,50-,51-,52-,53-,54-,58-,59-/m0/s1. The number of aliphatic hydroxyl groups excluding tert-OH is 2. The Balaban J connectivity index is 1.86. The van der Waals surface area contributed by atoms with E-state index in [1.165, 1.54) is 24.1 Å². The number of aliphatic carboxylic acids is 1. The van der Waals surface area contributed by atoms with Crippen LogP contribution in [0.2, 0.25) is 0 Å². The molecule has 14 amide bonds. The Morgan fingerprint density at radius 1 is 0.513 bits per heavy atom. The van der Waals surface area contributed by atoms with Gasteiger partial charge in [0.2, 0.25) is 82.7 Å². The number of rotatable bonds is 54. The fourth-order valence-corrected chi connectivity index (χ4v) is 12.4. The molecule has 30 N–H and O–H groups in total. The van der Waals surface area contributed by atoms with Crippen LogP contribution in [0.3, 0.4) is 0 Å². The maximum absolute atomic E-state index is 15.1. The molecule has 0 spiro atoms. The lowest BCUT2D eigenvalue weighted by atomic mass is 9.96. The molecule has 0 aliphatic carbocycles. The van der Waals surface area contributed by atoms with Gasteiger partial charge in [-0.1, -0.05) is 113 Å². The molecule has 1 aliphatic rings. The largest absolute Gasteiger partial charge is 0.481 e. The Kier molecular flexibility index (Phi) is 45.7. The third-order valence-corrected chi connectivity index (χ3v) is 19.8. The van der Waals surface area contributed by atoms with Gasteiger partial charge in [0.1, 0.15) is 78.8 Å². The quantitative estimate of drug-likeness (QED) is 0.00730. The topological polar surface area (TPSA) is 705 Å². The highest BCUT2D eigenvalue weighted by atomic mass is 32.1. The number of hydrogen-bond acceptors (Lipinski definition) is 24. The molecule has 3 rings (SSSR count). The number of aldehydes is 1. The molecule has 2 aromatic rings. The van der Waals surface area contributed by atoms with E-state index >= 15 is 4.79 Å². The van der Waals surface area contributed by atoms with Crippen molar-refractivity contribution in [3.63, 3.8) is 0 Å². The van der Waals surface area contributed by atoms with Gasteiger partial charge in [-0.15, -0.1) is 0 Å². The number of nitrogens with zero attached hydrogens (tertiary/aromatic N) is 1. The summed E-state index contributed by atoms with van der Waals surface area (Å²) in [7, 11) is 0. The molecular formula is C74H116N24O19S2. The molecule has 0 aromatic heterocycles. The normalized spacial score (nSPS) is 16.3. The van der Waals surface area contributed by atoms with E-state index in [4.69, 9.17) is 51.4 Å². The van der Waals surface area contributed by atoms with Crippen molar-refractivity contribution in [2.45, 2.75) is 190 Å². The zero-order chi connectivity index (χ0) is 89.0. The van der Waals surface area contributed by atoms with E-state index in [2.05, 4.69) is 97.7 Å². The van der Waals surface area contributed by atoms with Gasteiger partial charge < -0.3 is 133 Å². The van der Waals surface area contributed by atoms with E-state index in [9.17, 15) is 87.2 Å². The van der Waals surface area contributed by atoms with Gasteiger partial charge in [0.15, 0.2) is 17.9 Å². The first-order valence-corrected chi connectivity index (χ1v) is 39.7. The van der Waals surface area contributed by atoms with Crippen molar-refractivity contribution in [1.82, 2.24) is 90.0 Å². The zero-order valence-corrected chi connectivity index (χ0v) is 68.7. The monoisotopic (exact) mass is 1710 g/mol. The molecule has 1 fully saturated rings. The number of thiocarbonyl (C=S) groups is 1. The first-order valence-electron chi connectivity index (χ1n) is 38.6. The number of hydrogen-bond donors (Lipinski definition) is 27. The third-order valence-electron chi connectivity index (χ3n) is 19.1. The van der Waals surface area contributed by atoms with Gasteiger partial charge in [0.25, 0.3) is 0 Å². The van der Waals surface area contributed by atoms with Crippen LogP contribution in [0.5, 0.6) is 0 Å². The van der Waals surface area contributed by atoms with Crippen LogP contribution < -0.4 is 108 Å². The number of likely N-dealkylation sites (tertiary alicyclic amines) is 1. The molecule has 1 aliphatic heterocycles. The second-order valence-corrected chi connectivity index (χ2v) is 29.1. The number of carboxylic acids is 1. The first-order chi connectivity index (χ1) is 56.4. The van der Waals surface area contributed by atoms with Gasteiger partial charge in [-0.2, -0.15) is 12.6 Å². The number of carboxylic acid groups (broad SMARTS) is 1. The molecule has 43 nitrogen and oxygen atoms in total. The summed E-state index contributed by atoms with van der Waals surface area (Å²) >= 11 is 9.42. The molecule has 119 heavy (non-hydrogen) atoms. The Morgan fingerprint density at radius 2 is 0.958 bits per heavy atom. The van der Waals surface area contributed by atoms with Gasteiger partial charge in [-0.05, 0) is 80.2 Å². The third kappa shape index (κ3) is 36.8. The van der Waals surface area contributed by atoms with Crippen LogP contribution in [-0.2, 0) is 89.6 Å². The number of carbonyl (C=O) groups is 16. The maximum Gasteiger partial charge on any atom is 0.305 e. The summed E-state index contributed by atoms with van der Waals surface area (Å²) in [5.74, 6) is -18.4. The summed E-state index contributed by atoms with van der Waals surface area (Å²) in [4.78, 5) is 221. The minimum Gasteiger partial charge on any atom is -0.481 e. The van der Waals surface area contributed by atoms with Crippen LogP contribution in [0.4, 0.5) is 0 Å². The molecule has 0 saturated carbocycles. The number of nitrogens with one attached hydrogen (secondary N) is 19. The highest BCUT2D eigenvalue weighted by Gasteiger charge is 2.45. The Labute approximate surface area is 699 Å². The minimum atomic E-state index is -1.99. The van der Waals surface area contributed by atoms with E-state index in [-0.39, 0.29) is 102 Å². The van der Waals surface area contributed by atoms with Crippen molar-refractivity contribution in [1.29, 1.82) is 16.2 Å². The average molecular weight is 1710 g/mol. The number of thiol groups is 1. The van der Waals surface area contributed by atoms with Gasteiger partial charge in [-0.3, -0.25) is 88.1 Å². The molecule has 45 heteroatoms. The smallest absolute Gasteiger partial charge is 0.305 e. The van der Waals surface area contributed by atoms with Crippen molar-refractivity contribution in [2.75, 3.05) is 58.2 Å². The fraction of sp³-hybridized carbons (Fsp3) is 0.568. The van der Waals surface area contributed by atoms with Gasteiger partial charge in [0.05, 0.1) is 38.8 Å². The fourth-order valence-electron chi connectivity index (χ4n) is 11.9. The maximum atomic E-state index is 15.1. The van der Waals surface area contributed by atoms with E-state index in [1.54, 1.807) is 81.4 Å². The van der Waals surface area contributed by atoms with Crippen LogP contribution in [-0.4, -0.2) is 275 Å². The SMILES string of the molecule is CC[C@H](C)[C@H](NC(=O)[C@H](CCCNC(=N)N)NC(=O)CNC(=O)CNC(=O)[C@H](Cc1ccccc1)NC(=O)[C@@H](C)NC(=O)[C@H](CS)NC(=O)[C@H](CO)NC(=O)[C@@H](N)CO)C(=O)N[C@@H](CC(=O)O)C(=O)N[C@@H](CCCNC(=N)N)C(=O)N[C@H](C(=O)N1C[C@@H](C=S)C[C@H]1C(=O)N[C@@H](Cc1ccccc1)C(=O)N[C@H](C=O)CCCNC(=N)N)[C@@H](C)CC. The predicted octanol–water partition coefficient (Wildman–Crippen LogP) is -7.93. The summed E-state index contributed by atoms with van der Waals surface area (Å²) in [5.41, 5.74) is 23.0. The Bertz CT molecular complexity index is 3820. The second-order valence-electron chi connectivity index (χ2n) is 28.4. The molecule has 1 saturated heterocycles. The van der Waals surface area contributed by atoms with Crippen molar-refractivity contribution in [3.05, 3.63) is 71.8 Å². The lowest BCUT2D eigenvalue weighted by Gasteiger charge is -2.33. The molecule has 658 valence electrons. The Morgan fingerprint density at radius 3 is 1.45 bits per heavy atom. The predicted molar refractivity (Wildman–Crippen MR) is 441 cm³/mol. The molecule has 0 bridgehead atoms. The minimum absolute atomic E-state index is 0.00236. The highest BCUT2D eigenvalue weighted by Crippen LogP contribution is 2.26. The van der Waals surface area contributed by atoms with Gasteiger partial charge in [0, 0.05) is 50.7 Å². The molecule has 2 aromatic carbocycles. The average Bonchev–Trinajstić information content (AvgIpc) is 1.67. The number of aliphatic hydroxyl groups is 2. The Hall–Kier alpha value is -11.7. The lowest BCUT2D eigenvalue weighted by Crippen LogP contribution is -2.61. The summed E-state index contributed by atoms with van der Waals surface area (Å²) in [5, 5.41) is 93.0. The number of benzene rings is 2. The van der Waals surface area contributed by atoms with Gasteiger partial charge >= 0.3 is 5.97 Å². The van der Waals surface area contributed by atoms with Crippen LogP contribution in [0.1, 0.15) is 110 Å². The van der Waals surface area contributed by atoms with Crippen molar-refractivity contribution in [2.24, 2.45) is 40.7 Å². The number of nitrogens with two attached hydrogens (primary N) is 4. The molecular weight excluding hydrogens is 1590 g/mol. The van der Waals surface area contributed by atoms with Crippen LogP contribution in [0.15, 0.2) is 60.7 Å². The molecule has 16 atom stereocenters. The van der Waals surface area contributed by atoms with E-state index in [1.807, 2.05) is 0 Å². The number of guanidine groups is 3. The summed E-state index contributed by atoms with van der Waals surface area (Å²) in [6.07, 6.45) is -0.296. The zero-order valence-electron chi connectivity index (χ0n) is 67.0. The highest BCUT2D eigenvalue weighted by molar-refractivity contribution is 7.80. The van der Waals surface area contributed by atoms with Crippen LogP contribution >= 0.6 is 24.8 Å². The summed E-state index contributed by atoms with van der Waals surface area (Å²) < 4.78 is 0. The number of amides is 14. The van der Waals surface area contributed by atoms with Gasteiger partial charge in [-0.25, -0.2) is 0 Å². The summed E-state index contributed by atoms with van der Waals surface area (Å²) in [6.45, 7) is 4.56. The van der Waals surface area contributed by atoms with Crippen LogP contribution in [0.25, 0.3) is 0 Å². The first kappa shape index (κ1) is 101.